The Morgan fingerprint density at radius 2 is 1.96 bits per heavy atom. The molecular weight excluding hydrogens is 353 g/mol. The van der Waals surface area contributed by atoms with Gasteiger partial charge in [-0.1, -0.05) is 36.4 Å². The molecule has 0 aliphatic heterocycles. The third kappa shape index (κ3) is 3.67. The summed E-state index contributed by atoms with van der Waals surface area (Å²) in [6.07, 6.45) is 3.30. The van der Waals surface area contributed by atoms with Gasteiger partial charge in [0.1, 0.15) is 5.82 Å². The first kappa shape index (κ1) is 17.9. The fraction of sp³-hybridized carbons (Fsp3) is 0.105. The molecule has 0 atom stereocenters. The fourth-order valence-corrected chi connectivity index (χ4v) is 3.52. The van der Waals surface area contributed by atoms with Gasteiger partial charge in [-0.2, -0.15) is 5.10 Å². The number of halogens is 1. The van der Waals surface area contributed by atoms with E-state index in [4.69, 9.17) is 0 Å². The Kier molecular flexibility index (Phi) is 4.90. The van der Waals surface area contributed by atoms with Crippen LogP contribution in [0.5, 0.6) is 0 Å². The van der Waals surface area contributed by atoms with Crippen molar-refractivity contribution in [2.24, 2.45) is 0 Å². The van der Waals surface area contributed by atoms with Gasteiger partial charge in [-0.15, -0.1) is 6.58 Å². The lowest BCUT2D eigenvalue weighted by atomic mass is 10.1. The molecule has 134 valence electrons. The Bertz CT molecular complexity index is 1040. The number of benzene rings is 2. The molecule has 0 aliphatic carbocycles. The minimum Gasteiger partial charge on any atom is -0.266 e. The zero-order valence-electron chi connectivity index (χ0n) is 14.2. The molecule has 0 spiro atoms. The van der Waals surface area contributed by atoms with Crippen molar-refractivity contribution in [1.29, 1.82) is 0 Å². The maximum absolute atomic E-state index is 14.0. The number of allylic oxidation sites excluding steroid dienone is 1. The van der Waals surface area contributed by atoms with Gasteiger partial charge in [0.05, 0.1) is 11.4 Å². The highest BCUT2D eigenvalue weighted by atomic mass is 32.2. The molecule has 0 bridgehead atoms. The van der Waals surface area contributed by atoms with Crippen LogP contribution >= 0.6 is 0 Å². The van der Waals surface area contributed by atoms with Crippen molar-refractivity contribution >= 4 is 15.8 Å². The van der Waals surface area contributed by atoms with E-state index in [0.29, 0.717) is 23.2 Å². The first-order valence-electron chi connectivity index (χ1n) is 7.93. The molecule has 0 unspecified atom stereocenters. The number of sulfonamides is 1. The molecule has 3 rings (SSSR count). The highest BCUT2D eigenvalue weighted by molar-refractivity contribution is 7.92. The molecule has 5 nitrogen and oxygen atoms in total. The van der Waals surface area contributed by atoms with Crippen LogP contribution in [0.1, 0.15) is 5.56 Å². The zero-order chi connectivity index (χ0) is 18.7. The molecule has 0 saturated heterocycles. The summed E-state index contributed by atoms with van der Waals surface area (Å²) in [7, 11) is -3.81. The molecule has 0 fully saturated rings. The number of nitrogens with one attached hydrogen (secondary N) is 1. The molecule has 1 N–H and O–H groups in total. The van der Waals surface area contributed by atoms with Gasteiger partial charge < -0.3 is 0 Å². The van der Waals surface area contributed by atoms with Gasteiger partial charge in [-0.05, 0) is 36.2 Å². The van der Waals surface area contributed by atoms with Crippen molar-refractivity contribution in [1.82, 2.24) is 9.78 Å². The lowest BCUT2D eigenvalue weighted by Crippen LogP contribution is -2.14. The Morgan fingerprint density at radius 3 is 2.62 bits per heavy atom. The normalized spacial score (nSPS) is 11.3. The number of hydrogen-bond acceptors (Lipinski definition) is 3. The van der Waals surface area contributed by atoms with E-state index in [1.54, 1.807) is 54.2 Å². The molecule has 0 aliphatic rings. The summed E-state index contributed by atoms with van der Waals surface area (Å²) in [5, 5.41) is 4.27. The Labute approximate surface area is 151 Å². The van der Waals surface area contributed by atoms with Gasteiger partial charge >= 0.3 is 0 Å². The highest BCUT2D eigenvalue weighted by Crippen LogP contribution is 2.30. The predicted octanol–water partition coefficient (Wildman–Crippen LogP) is 3.98. The Hall–Kier alpha value is -2.93. The van der Waals surface area contributed by atoms with E-state index in [1.165, 1.54) is 18.2 Å². The first-order chi connectivity index (χ1) is 12.4. The van der Waals surface area contributed by atoms with E-state index >= 15 is 0 Å². The number of aryl methyl sites for hydroxylation is 1. The van der Waals surface area contributed by atoms with E-state index < -0.39 is 10.0 Å². The first-order valence-corrected chi connectivity index (χ1v) is 9.42. The van der Waals surface area contributed by atoms with Gasteiger partial charge in [0.2, 0.25) is 0 Å². The lowest BCUT2D eigenvalue weighted by molar-refractivity contribution is 0.600. The minimum atomic E-state index is -3.81. The predicted molar refractivity (Wildman–Crippen MR) is 99.8 cm³/mol. The fourth-order valence-electron chi connectivity index (χ4n) is 2.48. The van der Waals surface area contributed by atoms with E-state index in [1.807, 2.05) is 0 Å². The number of nitrogens with zero attached hydrogens (tertiary/aromatic N) is 2. The van der Waals surface area contributed by atoms with E-state index in [-0.39, 0.29) is 16.5 Å². The maximum atomic E-state index is 14.0. The summed E-state index contributed by atoms with van der Waals surface area (Å²) in [5.74, 6) is -0.227. The second-order valence-electron chi connectivity index (χ2n) is 5.78. The molecule has 7 heteroatoms. The molecule has 1 aromatic heterocycles. The number of rotatable bonds is 6. The largest absolute Gasteiger partial charge is 0.266 e. The summed E-state index contributed by atoms with van der Waals surface area (Å²) in [5.41, 5.74) is 1.54. The Balaban J connectivity index is 2.06. The summed E-state index contributed by atoms with van der Waals surface area (Å²) in [6.45, 7) is 5.72. The van der Waals surface area contributed by atoms with Crippen LogP contribution in [-0.4, -0.2) is 18.2 Å². The van der Waals surface area contributed by atoms with Crippen LogP contribution in [-0.2, 0) is 16.6 Å². The zero-order valence-corrected chi connectivity index (χ0v) is 15.0. The maximum Gasteiger partial charge on any atom is 0.263 e. The minimum absolute atomic E-state index is 0.124. The van der Waals surface area contributed by atoms with E-state index in [0.717, 1.165) is 0 Å². The second kappa shape index (κ2) is 7.13. The molecule has 3 aromatic rings. The molecule has 26 heavy (non-hydrogen) atoms. The molecule has 0 radical (unpaired) electrons. The highest BCUT2D eigenvalue weighted by Gasteiger charge is 2.19. The molecule has 0 amide bonds. The second-order valence-corrected chi connectivity index (χ2v) is 7.47. The quantitative estimate of drug-likeness (QED) is 0.667. The van der Waals surface area contributed by atoms with Crippen molar-refractivity contribution < 1.29 is 12.8 Å². The van der Waals surface area contributed by atoms with Crippen molar-refractivity contribution in [3.05, 3.63) is 78.8 Å². The summed E-state index contributed by atoms with van der Waals surface area (Å²) < 4.78 is 43.3. The van der Waals surface area contributed by atoms with Gasteiger partial charge in [-0.3, -0.25) is 9.40 Å². The van der Waals surface area contributed by atoms with Crippen LogP contribution in [0.4, 0.5) is 10.2 Å². The third-order valence-corrected chi connectivity index (χ3v) is 5.20. The molecule has 1 heterocycles. The van der Waals surface area contributed by atoms with E-state index in [9.17, 15) is 12.8 Å². The smallest absolute Gasteiger partial charge is 0.263 e. The van der Waals surface area contributed by atoms with E-state index in [2.05, 4.69) is 16.4 Å². The average Bonchev–Trinajstić information content (AvgIpc) is 3.00. The van der Waals surface area contributed by atoms with Crippen LogP contribution in [0.3, 0.4) is 0 Å². The third-order valence-electron chi connectivity index (χ3n) is 3.85. The SMILES string of the molecule is C=CCn1cc(-c2ccc(C)c(F)c2)c(NS(=O)(=O)c2ccccc2)n1. The topological polar surface area (TPSA) is 64.0 Å². The average molecular weight is 371 g/mol. The van der Waals surface area contributed by atoms with Crippen LogP contribution in [0, 0.1) is 12.7 Å². The lowest BCUT2D eigenvalue weighted by Gasteiger charge is -2.08. The van der Waals surface area contributed by atoms with Crippen LogP contribution in [0.25, 0.3) is 11.1 Å². The van der Waals surface area contributed by atoms with Crippen LogP contribution in [0.2, 0.25) is 0 Å². The van der Waals surface area contributed by atoms with Gasteiger partial charge in [0, 0.05) is 11.8 Å². The van der Waals surface area contributed by atoms with Crippen LogP contribution < -0.4 is 4.72 Å². The van der Waals surface area contributed by atoms with Crippen LogP contribution in [0.15, 0.2) is 72.3 Å². The number of hydrogen-bond donors (Lipinski definition) is 1. The van der Waals surface area contributed by atoms with Crippen molar-refractivity contribution in [2.45, 2.75) is 18.4 Å². The summed E-state index contributed by atoms with van der Waals surface area (Å²) >= 11 is 0. The summed E-state index contributed by atoms with van der Waals surface area (Å²) in [4.78, 5) is 0.124. The number of anilines is 1. The van der Waals surface area contributed by atoms with Gasteiger partial charge in [-0.25, -0.2) is 12.8 Å². The molecular formula is C19H18FN3O2S. The standard InChI is InChI=1S/C19H18FN3O2S/c1-3-11-23-13-17(15-10-9-14(2)18(20)12-15)19(21-23)22-26(24,25)16-7-5-4-6-8-16/h3-10,12-13H,1,11H2,2H3,(H,21,22). The van der Waals surface area contributed by atoms with Crippen molar-refractivity contribution in [2.75, 3.05) is 4.72 Å². The number of aromatic nitrogens is 2. The Morgan fingerprint density at radius 1 is 1.23 bits per heavy atom. The molecule has 2 aromatic carbocycles. The monoisotopic (exact) mass is 371 g/mol. The van der Waals surface area contributed by atoms with Gasteiger partial charge in [0.15, 0.2) is 5.82 Å². The van der Waals surface area contributed by atoms with Crippen molar-refractivity contribution in [3.8, 4) is 11.1 Å². The van der Waals surface area contributed by atoms with Crippen molar-refractivity contribution in [3.63, 3.8) is 0 Å². The summed E-state index contributed by atoms with van der Waals surface area (Å²) in [6, 6.07) is 12.7. The molecule has 0 saturated carbocycles. The van der Waals surface area contributed by atoms with Gasteiger partial charge in [0.25, 0.3) is 10.0 Å².